The average Bonchev–Trinajstić information content (AvgIpc) is 1.59. The van der Waals surface area contributed by atoms with Gasteiger partial charge in [0.25, 0.3) is 0 Å². The van der Waals surface area contributed by atoms with E-state index in [-0.39, 0.29) is 11.0 Å². The molecule has 0 amide bonds. The number of hydrogen-bond acceptors (Lipinski definition) is 0. The molecule has 0 bridgehead atoms. The molecule has 6 heteroatoms. The zero-order chi connectivity index (χ0) is 6.62. The maximum atomic E-state index is 3.62. The molecule has 0 aromatic heterocycles. The van der Waals surface area contributed by atoms with Crippen LogP contribution in [0.3, 0.4) is 0 Å². The van der Waals surface area contributed by atoms with E-state index in [4.69, 9.17) is 0 Å². The second kappa shape index (κ2) is 9.25. The van der Waals surface area contributed by atoms with Crippen LogP contribution in [0.4, 0.5) is 0 Å². The molecule has 0 heterocycles. The van der Waals surface area contributed by atoms with E-state index in [1.165, 1.54) is 17.3 Å². The topological polar surface area (TPSA) is 63.0 Å². The van der Waals surface area contributed by atoms with E-state index in [0.717, 1.165) is 0 Å². The Morgan fingerprint density at radius 3 is 1.60 bits per heavy atom. The number of rotatable bonds is 3. The van der Waals surface area contributed by atoms with Gasteiger partial charge in [-0.15, -0.1) is 0 Å². The van der Waals surface area contributed by atoms with Crippen LogP contribution >= 0.6 is 38.1 Å². The Labute approximate surface area is 83.9 Å². The first-order valence-corrected chi connectivity index (χ1v) is 23.8. The molecule has 0 aliphatic rings. The molecule has 0 aliphatic carbocycles. The van der Waals surface area contributed by atoms with E-state index in [1.807, 2.05) is 0 Å². The Morgan fingerprint density at radius 2 is 1.50 bits per heavy atom. The van der Waals surface area contributed by atoms with Crippen LogP contribution in [0.5, 0.6) is 0 Å². The molecule has 0 saturated heterocycles. The number of unbranched alkanes of at least 4 members (excludes halogenated alkanes) is 1. The quantitative estimate of drug-likeness (QED) is 0.591. The maximum absolute atomic E-state index is 3.62. The first-order chi connectivity index (χ1) is 3.56. The molecular weight excluding hydrogens is 438 g/mol. The van der Waals surface area contributed by atoms with E-state index in [1.54, 1.807) is 0 Å². The molecule has 0 radical (unpaired) electrons. The second-order valence-electron chi connectivity index (χ2n) is 1.72. The van der Waals surface area contributed by atoms with Gasteiger partial charge in [-0.1, -0.05) is 0 Å². The van der Waals surface area contributed by atoms with Crippen molar-refractivity contribution < 1.29 is 11.0 Å². The summed E-state index contributed by atoms with van der Waals surface area (Å²) in [7, 11) is 0. The fraction of sp³-hybridized carbons (Fsp3) is 1.00. The Balaban J connectivity index is -0.000000245. The minimum atomic E-state index is -1.87. The molecule has 4 N–H and O–H groups in total. The molecule has 0 fully saturated rings. The third-order valence-electron chi connectivity index (χ3n) is 0.814. The smallest absolute Gasteiger partial charge is 0.412 e. The molecule has 0 aliphatic heterocycles. The SMILES string of the molecule is CCC[CH2][Sn]([Br])([Br])[Br].O.O. The van der Waals surface area contributed by atoms with Gasteiger partial charge in [0.1, 0.15) is 0 Å². The van der Waals surface area contributed by atoms with Crippen LogP contribution in [0.1, 0.15) is 19.8 Å². The van der Waals surface area contributed by atoms with Gasteiger partial charge in [0.05, 0.1) is 0 Å². The second-order valence-corrected chi connectivity index (χ2v) is 55.3. The molecule has 0 spiro atoms. The van der Waals surface area contributed by atoms with Gasteiger partial charge in [-0.25, -0.2) is 0 Å². The van der Waals surface area contributed by atoms with Crippen LogP contribution < -0.4 is 0 Å². The van der Waals surface area contributed by atoms with E-state index in [2.05, 4.69) is 45.0 Å². The van der Waals surface area contributed by atoms with Gasteiger partial charge in [0.15, 0.2) is 0 Å². The average molecular weight is 452 g/mol. The monoisotopic (exact) mass is 450 g/mol. The van der Waals surface area contributed by atoms with Crippen LogP contribution in [-0.4, -0.2) is 22.7 Å². The standard InChI is InChI=1S/C4H9.3BrH.2H2O.Sn/c1-3-4-2;;;;;;/h1,3-4H2,2H3;3*1H;2*1H2;/q;;;;;;+3/p-3. The molecule has 0 aromatic carbocycles. The van der Waals surface area contributed by atoms with Crippen molar-refractivity contribution in [3.05, 3.63) is 0 Å². The predicted octanol–water partition coefficient (Wildman–Crippen LogP) is 2.26. The van der Waals surface area contributed by atoms with Crippen molar-refractivity contribution in [3.8, 4) is 0 Å². The Bertz CT molecular complexity index is 66.0. The number of hydrogen-bond donors (Lipinski definition) is 0. The summed E-state index contributed by atoms with van der Waals surface area (Å²) in [5, 5.41) is 0. The summed E-state index contributed by atoms with van der Waals surface area (Å²) >= 11 is 9.00. The van der Waals surface area contributed by atoms with Crippen molar-refractivity contribution in [3.63, 3.8) is 0 Å². The van der Waals surface area contributed by atoms with Gasteiger partial charge >= 0.3 is 74.0 Å². The zero-order valence-electron chi connectivity index (χ0n) is 5.76. The predicted molar refractivity (Wildman–Crippen MR) is 59.5 cm³/mol. The molecular formula is C4H13Br3O2Sn. The van der Waals surface area contributed by atoms with Gasteiger partial charge in [-0.2, -0.15) is 0 Å². The molecule has 66 valence electrons. The molecule has 0 atom stereocenters. The van der Waals surface area contributed by atoms with E-state index in [9.17, 15) is 0 Å². The van der Waals surface area contributed by atoms with Crippen LogP contribution in [0, 0.1) is 0 Å². The van der Waals surface area contributed by atoms with Crippen molar-refractivity contribution in [2.75, 3.05) is 0 Å². The molecule has 10 heavy (non-hydrogen) atoms. The van der Waals surface area contributed by atoms with Crippen molar-refractivity contribution in [2.24, 2.45) is 0 Å². The molecule has 2 nitrogen and oxygen atoms in total. The van der Waals surface area contributed by atoms with Crippen molar-refractivity contribution >= 4 is 49.8 Å². The maximum Gasteiger partial charge on any atom is -0.412 e. The Kier molecular flexibility index (Phi) is 16.7. The molecule has 0 saturated carbocycles. The fourth-order valence-corrected chi connectivity index (χ4v) is 8.17. The van der Waals surface area contributed by atoms with Gasteiger partial charge in [0.2, 0.25) is 0 Å². The summed E-state index contributed by atoms with van der Waals surface area (Å²) in [6.45, 7) is 2.21. The number of halogens is 3. The van der Waals surface area contributed by atoms with Crippen molar-refractivity contribution in [2.45, 2.75) is 24.2 Å². The first kappa shape index (κ1) is 18.0. The van der Waals surface area contributed by atoms with Gasteiger partial charge in [-0.3, -0.25) is 0 Å². The summed E-state index contributed by atoms with van der Waals surface area (Å²) in [5.74, 6) is 0. The molecule has 0 unspecified atom stereocenters. The molecule has 0 aromatic rings. The fourth-order valence-electron chi connectivity index (χ4n) is 0.377. The zero-order valence-corrected chi connectivity index (χ0v) is 13.4. The van der Waals surface area contributed by atoms with Gasteiger partial charge in [0, 0.05) is 0 Å². The van der Waals surface area contributed by atoms with Crippen LogP contribution in [0.2, 0.25) is 4.44 Å². The minimum absolute atomic E-state index is 0. The summed E-state index contributed by atoms with van der Waals surface area (Å²) < 4.78 is 1.32. The Hall–Kier alpha value is 2.16. The van der Waals surface area contributed by atoms with E-state index < -0.39 is 11.7 Å². The first-order valence-electron chi connectivity index (χ1n) is 2.63. The summed E-state index contributed by atoms with van der Waals surface area (Å²) in [4.78, 5) is 0. The van der Waals surface area contributed by atoms with Crippen LogP contribution in [0.15, 0.2) is 0 Å². The van der Waals surface area contributed by atoms with Crippen LogP contribution in [-0.2, 0) is 0 Å². The van der Waals surface area contributed by atoms with Crippen LogP contribution in [0.25, 0.3) is 0 Å². The van der Waals surface area contributed by atoms with Gasteiger partial charge < -0.3 is 11.0 Å². The summed E-state index contributed by atoms with van der Waals surface area (Å²) in [5.41, 5.74) is 0. The third kappa shape index (κ3) is 16.6. The Morgan fingerprint density at radius 1 is 1.10 bits per heavy atom. The third-order valence-corrected chi connectivity index (χ3v) is 11.4. The molecule has 0 rings (SSSR count). The van der Waals surface area contributed by atoms with E-state index >= 15 is 0 Å². The van der Waals surface area contributed by atoms with Crippen molar-refractivity contribution in [1.82, 2.24) is 0 Å². The minimum Gasteiger partial charge on any atom is -0.412 e. The van der Waals surface area contributed by atoms with Gasteiger partial charge in [-0.05, 0) is 0 Å². The van der Waals surface area contributed by atoms with E-state index in [0.29, 0.717) is 0 Å². The van der Waals surface area contributed by atoms with Crippen molar-refractivity contribution in [1.29, 1.82) is 0 Å². The normalized spacial score (nSPS) is 9.60. The summed E-state index contributed by atoms with van der Waals surface area (Å²) in [6.07, 6.45) is 2.62. The summed E-state index contributed by atoms with van der Waals surface area (Å²) in [6, 6.07) is 0. The largest absolute Gasteiger partial charge is 0.412 e.